The van der Waals surface area contributed by atoms with E-state index in [1.807, 2.05) is 24.4 Å². The van der Waals surface area contributed by atoms with Crippen molar-refractivity contribution in [2.45, 2.75) is 64.2 Å². The average Bonchev–Trinajstić information content (AvgIpc) is 3.25. The van der Waals surface area contributed by atoms with Gasteiger partial charge in [-0.1, -0.05) is 18.1 Å². The molecule has 5 atom stereocenters. The van der Waals surface area contributed by atoms with E-state index in [0.717, 1.165) is 88.2 Å². The number of oxime groups is 1. The Morgan fingerprint density at radius 2 is 2.10 bits per heavy atom. The lowest BCUT2D eigenvalue weighted by Crippen LogP contribution is -2.44. The summed E-state index contributed by atoms with van der Waals surface area (Å²) in [5.41, 5.74) is 4.34. The van der Waals surface area contributed by atoms with E-state index >= 15 is 0 Å². The van der Waals surface area contributed by atoms with Gasteiger partial charge in [0.1, 0.15) is 11.6 Å². The highest BCUT2D eigenvalue weighted by Crippen LogP contribution is 2.62. The molecule has 1 aromatic carbocycles. The zero-order chi connectivity index (χ0) is 27.0. The molecule has 1 aromatic heterocycles. The zero-order valence-electron chi connectivity index (χ0n) is 22.7. The van der Waals surface area contributed by atoms with E-state index in [9.17, 15) is 14.4 Å². The van der Waals surface area contributed by atoms with Crippen molar-refractivity contribution in [2.75, 3.05) is 36.5 Å². The number of amides is 1. The maximum Gasteiger partial charge on any atom is 0.225 e. The third-order valence-corrected chi connectivity index (χ3v) is 10.1. The Balaban J connectivity index is 1.08. The maximum absolute atomic E-state index is 13.9. The number of nitrogens with one attached hydrogen (secondary N) is 1. The third-order valence-electron chi connectivity index (χ3n) is 10.1. The van der Waals surface area contributed by atoms with Crippen LogP contribution in [0.3, 0.4) is 0 Å². The molecule has 3 unspecified atom stereocenters. The molecule has 208 valence electrons. The Labute approximate surface area is 229 Å². The van der Waals surface area contributed by atoms with Gasteiger partial charge in [0, 0.05) is 24.9 Å². The molecule has 39 heavy (non-hydrogen) atoms. The first-order valence-electron chi connectivity index (χ1n) is 14.5. The predicted octanol–water partition coefficient (Wildman–Crippen LogP) is 5.78. The molecule has 1 aliphatic heterocycles. The molecule has 0 radical (unpaired) electrons. The molecular weight excluding hydrogens is 495 g/mol. The number of carbonyl (C=O) groups is 1. The number of pyridine rings is 1. The van der Waals surface area contributed by atoms with Gasteiger partial charge in [-0.05, 0) is 104 Å². The van der Waals surface area contributed by atoms with Crippen LogP contribution in [-0.4, -0.2) is 48.1 Å². The summed E-state index contributed by atoms with van der Waals surface area (Å²) < 4.78 is 19.3. The molecule has 2 aromatic rings. The fourth-order valence-corrected chi connectivity index (χ4v) is 8.25. The van der Waals surface area contributed by atoms with Gasteiger partial charge < -0.3 is 20.2 Å². The van der Waals surface area contributed by atoms with Crippen LogP contribution in [0.5, 0.6) is 0 Å². The normalized spacial score (nSPS) is 30.9. The molecule has 1 saturated heterocycles. The van der Waals surface area contributed by atoms with Crippen LogP contribution in [0.15, 0.2) is 41.7 Å². The van der Waals surface area contributed by atoms with E-state index in [-0.39, 0.29) is 17.1 Å². The molecular formula is C31H39FN4O3. The summed E-state index contributed by atoms with van der Waals surface area (Å²) in [6.45, 7) is 5.43. The number of aromatic nitrogens is 1. The SMILES string of the molecule is C[C@]12CCC3c4ccc(F)cc4CCC3C1[C@H](CCCC(=O)Nc1ccc(N3CCOCC3)cn1)C/C2=N\O. The molecule has 2 saturated carbocycles. The van der Waals surface area contributed by atoms with Crippen molar-refractivity contribution >= 4 is 23.1 Å². The number of rotatable bonds is 6. The standard InChI is InChI=1S/C31H39FN4O3/c1-31-12-11-25-24-9-6-22(32)17-20(24)5-8-26(25)30(31)21(18-27(31)35-38)3-2-4-29(37)34-28-10-7-23(19-33-28)36-13-15-39-16-14-36/h6-7,9-10,17,19,21,25-26,30,38H,2-5,8,11-16,18H2,1H3,(H,33,34,37)/b35-27+/t21-,25?,26?,30?,31-/m1/s1. The number of aryl methyl sites for hydroxylation is 1. The van der Waals surface area contributed by atoms with Crippen LogP contribution in [-0.2, 0) is 16.0 Å². The molecule has 6 rings (SSSR count). The van der Waals surface area contributed by atoms with E-state index in [4.69, 9.17) is 4.74 Å². The summed E-state index contributed by atoms with van der Waals surface area (Å²) in [6, 6.07) is 9.19. The number of fused-ring (bicyclic) bond motifs is 5. The van der Waals surface area contributed by atoms with Crippen molar-refractivity contribution in [2.24, 2.45) is 28.3 Å². The number of halogens is 1. The van der Waals surface area contributed by atoms with Crippen LogP contribution in [0, 0.1) is 29.0 Å². The topological polar surface area (TPSA) is 87.1 Å². The lowest BCUT2D eigenvalue weighted by Gasteiger charge is -2.50. The number of hydrogen-bond donors (Lipinski definition) is 2. The summed E-state index contributed by atoms with van der Waals surface area (Å²) in [5, 5.41) is 16.7. The molecule has 2 heterocycles. The monoisotopic (exact) mass is 534 g/mol. The van der Waals surface area contributed by atoms with Gasteiger partial charge in [-0.2, -0.15) is 0 Å². The first-order valence-corrected chi connectivity index (χ1v) is 14.5. The third kappa shape index (κ3) is 5.04. The number of benzene rings is 1. The van der Waals surface area contributed by atoms with E-state index < -0.39 is 0 Å². The van der Waals surface area contributed by atoms with Gasteiger partial charge in [0.05, 0.1) is 30.8 Å². The summed E-state index contributed by atoms with van der Waals surface area (Å²) in [4.78, 5) is 19.4. The van der Waals surface area contributed by atoms with E-state index in [1.54, 1.807) is 12.1 Å². The van der Waals surface area contributed by atoms with Crippen LogP contribution >= 0.6 is 0 Å². The smallest absolute Gasteiger partial charge is 0.225 e. The molecule has 8 heteroatoms. The number of nitrogens with zero attached hydrogens (tertiary/aromatic N) is 3. The zero-order valence-corrected chi connectivity index (χ0v) is 22.7. The van der Waals surface area contributed by atoms with Crippen LogP contribution in [0.25, 0.3) is 0 Å². The van der Waals surface area contributed by atoms with Gasteiger partial charge in [0.15, 0.2) is 0 Å². The molecule has 3 fully saturated rings. The Morgan fingerprint density at radius 1 is 1.26 bits per heavy atom. The van der Waals surface area contributed by atoms with Gasteiger partial charge >= 0.3 is 0 Å². The minimum absolute atomic E-state index is 0.0198. The highest BCUT2D eigenvalue weighted by atomic mass is 19.1. The Morgan fingerprint density at radius 3 is 2.87 bits per heavy atom. The van der Waals surface area contributed by atoms with Gasteiger partial charge in [0.25, 0.3) is 0 Å². The number of ether oxygens (including phenoxy) is 1. The van der Waals surface area contributed by atoms with Crippen molar-refractivity contribution in [3.63, 3.8) is 0 Å². The van der Waals surface area contributed by atoms with Gasteiger partial charge in [-0.3, -0.25) is 4.79 Å². The number of morpholine rings is 1. The van der Waals surface area contributed by atoms with Crippen molar-refractivity contribution < 1.29 is 19.1 Å². The molecule has 4 aliphatic rings. The second kappa shape index (κ2) is 10.9. The lowest BCUT2D eigenvalue weighted by molar-refractivity contribution is -0.116. The molecule has 2 N–H and O–H groups in total. The molecule has 0 spiro atoms. The van der Waals surface area contributed by atoms with Crippen LogP contribution in [0.2, 0.25) is 0 Å². The summed E-state index contributed by atoms with van der Waals surface area (Å²) >= 11 is 0. The highest BCUT2D eigenvalue weighted by molar-refractivity contribution is 5.92. The largest absolute Gasteiger partial charge is 0.411 e. The summed E-state index contributed by atoms with van der Waals surface area (Å²) in [5.74, 6) is 2.13. The van der Waals surface area contributed by atoms with Crippen molar-refractivity contribution in [3.05, 3.63) is 53.5 Å². The Bertz CT molecular complexity index is 1230. The number of anilines is 2. The van der Waals surface area contributed by atoms with E-state index in [2.05, 4.69) is 27.3 Å². The summed E-state index contributed by atoms with van der Waals surface area (Å²) in [7, 11) is 0. The highest BCUT2D eigenvalue weighted by Gasteiger charge is 2.57. The van der Waals surface area contributed by atoms with Gasteiger partial charge in [0.2, 0.25) is 5.91 Å². The second-order valence-electron chi connectivity index (χ2n) is 12.1. The summed E-state index contributed by atoms with van der Waals surface area (Å²) in [6.07, 6.45) is 8.73. The molecule has 7 nitrogen and oxygen atoms in total. The van der Waals surface area contributed by atoms with Gasteiger partial charge in [-0.15, -0.1) is 0 Å². The predicted molar refractivity (Wildman–Crippen MR) is 149 cm³/mol. The maximum atomic E-state index is 13.9. The quantitative estimate of drug-likeness (QED) is 0.363. The van der Waals surface area contributed by atoms with Crippen LogP contribution < -0.4 is 10.2 Å². The van der Waals surface area contributed by atoms with Crippen molar-refractivity contribution in [3.8, 4) is 0 Å². The Kier molecular flexibility index (Phi) is 7.31. The van der Waals surface area contributed by atoms with Crippen molar-refractivity contribution in [1.29, 1.82) is 0 Å². The number of hydrogen-bond acceptors (Lipinski definition) is 6. The fourth-order valence-electron chi connectivity index (χ4n) is 8.25. The molecule has 1 amide bonds. The molecule has 0 bridgehead atoms. The van der Waals surface area contributed by atoms with Crippen LogP contribution in [0.4, 0.5) is 15.9 Å². The lowest BCUT2D eigenvalue weighted by atomic mass is 9.54. The van der Waals surface area contributed by atoms with E-state index in [0.29, 0.717) is 35.9 Å². The minimum Gasteiger partial charge on any atom is -0.411 e. The second-order valence-corrected chi connectivity index (χ2v) is 12.1. The number of carbonyl (C=O) groups excluding carboxylic acids is 1. The van der Waals surface area contributed by atoms with Crippen LogP contribution in [0.1, 0.15) is 68.9 Å². The van der Waals surface area contributed by atoms with Crippen molar-refractivity contribution in [1.82, 2.24) is 4.98 Å². The fraction of sp³-hybridized carbons (Fsp3) is 0.581. The Hall–Kier alpha value is -3.00. The minimum atomic E-state index is -0.150. The first-order chi connectivity index (χ1) is 19.0. The first kappa shape index (κ1) is 26.2. The van der Waals surface area contributed by atoms with Gasteiger partial charge in [-0.25, -0.2) is 9.37 Å². The average molecular weight is 535 g/mol. The molecule has 3 aliphatic carbocycles. The van der Waals surface area contributed by atoms with E-state index in [1.165, 1.54) is 5.56 Å².